The Balaban J connectivity index is 1.93. The van der Waals surface area contributed by atoms with E-state index in [2.05, 4.69) is 4.99 Å². The zero-order chi connectivity index (χ0) is 20.3. The Kier molecular flexibility index (Phi) is 6.50. The lowest BCUT2D eigenvalue weighted by atomic mass is 10.2. The van der Waals surface area contributed by atoms with Gasteiger partial charge in [0.15, 0.2) is 16.7 Å². The van der Waals surface area contributed by atoms with Gasteiger partial charge in [0, 0.05) is 6.54 Å². The van der Waals surface area contributed by atoms with Crippen LogP contribution in [-0.2, 0) is 4.79 Å². The third kappa shape index (κ3) is 4.27. The highest BCUT2D eigenvalue weighted by Crippen LogP contribution is 2.37. The fraction of sp³-hybridized carbons (Fsp3) is 0.200. The number of amidine groups is 1. The van der Waals surface area contributed by atoms with E-state index in [9.17, 15) is 9.90 Å². The number of thioether (sulfide) groups is 1. The second kappa shape index (κ2) is 8.87. The molecule has 1 aliphatic rings. The predicted octanol–water partition coefficient (Wildman–Crippen LogP) is 4.64. The molecule has 0 aromatic heterocycles. The van der Waals surface area contributed by atoms with E-state index < -0.39 is 0 Å². The van der Waals surface area contributed by atoms with Crippen molar-refractivity contribution in [3.05, 3.63) is 50.4 Å². The van der Waals surface area contributed by atoms with E-state index >= 15 is 0 Å². The Bertz CT molecular complexity index is 957. The van der Waals surface area contributed by atoms with Crippen LogP contribution in [0.2, 0.25) is 0 Å². The van der Waals surface area contributed by atoms with E-state index in [1.807, 2.05) is 53.8 Å². The van der Waals surface area contributed by atoms with Crippen molar-refractivity contribution < 1.29 is 19.4 Å². The van der Waals surface area contributed by atoms with Gasteiger partial charge in [0.05, 0.1) is 28.4 Å². The van der Waals surface area contributed by atoms with Gasteiger partial charge in [-0.2, -0.15) is 0 Å². The van der Waals surface area contributed by atoms with Crippen LogP contribution in [0.3, 0.4) is 0 Å². The molecule has 8 heteroatoms. The lowest BCUT2D eigenvalue weighted by molar-refractivity contribution is -0.122. The molecule has 1 N–H and O–H groups in total. The van der Waals surface area contributed by atoms with Gasteiger partial charge in [-0.1, -0.05) is 0 Å². The Morgan fingerprint density at radius 1 is 1.21 bits per heavy atom. The number of hydrogen-bond acceptors (Lipinski definition) is 6. The maximum Gasteiger partial charge on any atom is 0.266 e. The number of ether oxygens (including phenoxy) is 2. The fourth-order valence-corrected chi connectivity index (χ4v) is 4.31. The summed E-state index contributed by atoms with van der Waals surface area (Å²) >= 11 is 3.36. The molecule has 1 amide bonds. The van der Waals surface area contributed by atoms with Crippen molar-refractivity contribution >= 4 is 57.2 Å². The fourth-order valence-electron chi connectivity index (χ4n) is 2.62. The lowest BCUT2D eigenvalue weighted by Gasteiger charge is -2.12. The quantitative estimate of drug-likeness (QED) is 0.469. The van der Waals surface area contributed by atoms with Gasteiger partial charge in [0.2, 0.25) is 0 Å². The number of benzene rings is 2. The monoisotopic (exact) mass is 510 g/mol. The van der Waals surface area contributed by atoms with Crippen molar-refractivity contribution in [2.45, 2.75) is 6.92 Å². The summed E-state index contributed by atoms with van der Waals surface area (Å²) in [5.74, 6) is 1.12. The number of halogens is 1. The summed E-state index contributed by atoms with van der Waals surface area (Å²) in [6.45, 7) is 2.44. The highest BCUT2D eigenvalue weighted by molar-refractivity contribution is 14.1. The molecule has 1 saturated heterocycles. The molecule has 1 heterocycles. The molecule has 0 spiro atoms. The summed E-state index contributed by atoms with van der Waals surface area (Å²) in [6, 6.07) is 10.9. The van der Waals surface area contributed by atoms with Gasteiger partial charge < -0.3 is 14.6 Å². The normalized spacial score (nSPS) is 16.9. The molecule has 1 fully saturated rings. The number of rotatable bonds is 5. The first-order chi connectivity index (χ1) is 13.5. The average molecular weight is 510 g/mol. The smallest absolute Gasteiger partial charge is 0.266 e. The number of methoxy groups -OCH3 is 2. The maximum atomic E-state index is 12.8. The molecule has 1 aliphatic heterocycles. The molecule has 0 bridgehead atoms. The summed E-state index contributed by atoms with van der Waals surface area (Å²) in [6.07, 6.45) is 1.79. The maximum absolute atomic E-state index is 12.8. The first-order valence-electron chi connectivity index (χ1n) is 8.47. The number of carbonyl (C=O) groups is 1. The Morgan fingerprint density at radius 2 is 1.93 bits per heavy atom. The number of nitrogens with zero attached hydrogens (tertiary/aromatic N) is 2. The largest absolute Gasteiger partial charge is 0.504 e. The van der Waals surface area contributed by atoms with Crippen LogP contribution in [0.1, 0.15) is 12.5 Å². The number of amides is 1. The molecule has 0 unspecified atom stereocenters. The SMILES string of the molecule is CCN1C(=O)/C(=C\c2cc(I)c(O)c(OC)c2)SC1=Nc1ccc(OC)cc1. The second-order valence-electron chi connectivity index (χ2n) is 5.81. The van der Waals surface area contributed by atoms with Crippen LogP contribution >= 0.6 is 34.4 Å². The van der Waals surface area contributed by atoms with Crippen LogP contribution in [0.25, 0.3) is 6.08 Å². The van der Waals surface area contributed by atoms with Crippen molar-refractivity contribution in [3.63, 3.8) is 0 Å². The lowest BCUT2D eigenvalue weighted by Crippen LogP contribution is -2.28. The van der Waals surface area contributed by atoms with Crippen molar-refractivity contribution in [1.29, 1.82) is 0 Å². The standard InChI is InChI=1S/C20H19IN2O4S/c1-4-23-19(25)17(11-12-9-15(21)18(24)16(10-12)27-3)28-20(23)22-13-5-7-14(26-2)8-6-13/h5-11,24H,4H2,1-3H3/b17-11+,22-20?. The van der Waals surface area contributed by atoms with Crippen LogP contribution in [0.4, 0.5) is 5.69 Å². The van der Waals surface area contributed by atoms with Crippen molar-refractivity contribution in [3.8, 4) is 17.2 Å². The summed E-state index contributed by atoms with van der Waals surface area (Å²) in [7, 11) is 3.11. The van der Waals surface area contributed by atoms with E-state index in [0.29, 0.717) is 25.9 Å². The molecular formula is C20H19IN2O4S. The third-order valence-corrected chi connectivity index (χ3v) is 5.90. The van der Waals surface area contributed by atoms with Crippen LogP contribution in [0, 0.1) is 3.57 Å². The molecule has 0 saturated carbocycles. The zero-order valence-electron chi connectivity index (χ0n) is 15.6. The van der Waals surface area contributed by atoms with Gasteiger partial charge in [0.1, 0.15) is 5.75 Å². The van der Waals surface area contributed by atoms with Gasteiger partial charge in [-0.05, 0) is 89.3 Å². The van der Waals surface area contributed by atoms with Gasteiger partial charge in [-0.15, -0.1) is 0 Å². The molecule has 2 aromatic carbocycles. The molecule has 6 nitrogen and oxygen atoms in total. The van der Waals surface area contributed by atoms with Crippen molar-refractivity contribution in [2.75, 3.05) is 20.8 Å². The van der Waals surface area contributed by atoms with Gasteiger partial charge in [-0.3, -0.25) is 9.69 Å². The Labute approximate surface area is 181 Å². The van der Waals surface area contributed by atoms with E-state index in [4.69, 9.17) is 9.47 Å². The highest BCUT2D eigenvalue weighted by atomic mass is 127. The number of aliphatic imine (C=N–C) groups is 1. The van der Waals surface area contributed by atoms with Gasteiger partial charge >= 0.3 is 0 Å². The molecular weight excluding hydrogens is 491 g/mol. The highest BCUT2D eigenvalue weighted by Gasteiger charge is 2.32. The van der Waals surface area contributed by atoms with Gasteiger partial charge in [0.25, 0.3) is 5.91 Å². The van der Waals surface area contributed by atoms with E-state index in [0.717, 1.165) is 17.0 Å². The topological polar surface area (TPSA) is 71.4 Å². The Hall–Kier alpha value is -2.20. The molecule has 146 valence electrons. The summed E-state index contributed by atoms with van der Waals surface area (Å²) in [4.78, 5) is 19.6. The molecule has 28 heavy (non-hydrogen) atoms. The van der Waals surface area contributed by atoms with Crippen LogP contribution in [0.5, 0.6) is 17.2 Å². The zero-order valence-corrected chi connectivity index (χ0v) is 18.6. The summed E-state index contributed by atoms with van der Waals surface area (Å²) in [5, 5.41) is 10.6. The van der Waals surface area contributed by atoms with Crippen LogP contribution in [0.15, 0.2) is 46.3 Å². The Morgan fingerprint density at radius 3 is 2.54 bits per heavy atom. The molecule has 0 radical (unpaired) electrons. The average Bonchev–Trinajstić information content (AvgIpc) is 2.99. The number of carbonyl (C=O) groups excluding carboxylic acids is 1. The van der Waals surface area contributed by atoms with E-state index in [1.54, 1.807) is 30.2 Å². The van der Waals surface area contributed by atoms with E-state index in [-0.39, 0.29) is 11.7 Å². The van der Waals surface area contributed by atoms with Crippen LogP contribution < -0.4 is 9.47 Å². The minimum atomic E-state index is -0.0955. The molecule has 0 aliphatic carbocycles. The minimum absolute atomic E-state index is 0.0904. The molecule has 3 rings (SSSR count). The predicted molar refractivity (Wildman–Crippen MR) is 120 cm³/mol. The number of likely N-dealkylation sites (N-methyl/N-ethyl adjacent to an activating group) is 1. The number of phenolic OH excluding ortho intramolecular Hbond substituents is 1. The second-order valence-corrected chi connectivity index (χ2v) is 7.98. The van der Waals surface area contributed by atoms with Crippen LogP contribution in [-0.4, -0.2) is 41.8 Å². The number of hydrogen-bond donors (Lipinski definition) is 1. The number of phenols is 1. The van der Waals surface area contributed by atoms with E-state index in [1.165, 1.54) is 18.9 Å². The van der Waals surface area contributed by atoms with Gasteiger partial charge in [-0.25, -0.2) is 4.99 Å². The first-order valence-corrected chi connectivity index (χ1v) is 10.4. The summed E-state index contributed by atoms with van der Waals surface area (Å²) in [5.41, 5.74) is 1.52. The van der Waals surface area contributed by atoms with Crippen molar-refractivity contribution in [1.82, 2.24) is 4.90 Å². The van der Waals surface area contributed by atoms with Crippen molar-refractivity contribution in [2.24, 2.45) is 4.99 Å². The number of aromatic hydroxyl groups is 1. The molecule has 0 atom stereocenters. The third-order valence-electron chi connectivity index (χ3n) is 4.07. The summed E-state index contributed by atoms with van der Waals surface area (Å²) < 4.78 is 11.0. The minimum Gasteiger partial charge on any atom is -0.504 e. The first kappa shape index (κ1) is 20.5. The molecule has 2 aromatic rings.